The maximum Gasteiger partial charge on any atom is 0.238 e. The van der Waals surface area contributed by atoms with E-state index in [1.54, 1.807) is 12.1 Å². The monoisotopic (exact) mass is 270 g/mol. The molecular formula is C16H18N2O2. The van der Waals surface area contributed by atoms with E-state index in [2.05, 4.69) is 10.6 Å². The van der Waals surface area contributed by atoms with Gasteiger partial charge in [-0.05, 0) is 42.3 Å². The number of nitrogens with one attached hydrogen (secondary N) is 2. The van der Waals surface area contributed by atoms with Gasteiger partial charge < -0.3 is 15.7 Å². The van der Waals surface area contributed by atoms with Crippen molar-refractivity contribution in [1.29, 1.82) is 0 Å². The van der Waals surface area contributed by atoms with E-state index >= 15 is 0 Å². The van der Waals surface area contributed by atoms with Crippen LogP contribution in [0.1, 0.15) is 11.1 Å². The zero-order chi connectivity index (χ0) is 14.4. The number of carbonyl (C=O) groups excluding carboxylic acids is 1. The Labute approximate surface area is 118 Å². The van der Waals surface area contributed by atoms with Crippen molar-refractivity contribution in [3.05, 3.63) is 59.7 Å². The Balaban J connectivity index is 1.76. The lowest BCUT2D eigenvalue weighted by atomic mass is 10.2. The Morgan fingerprint density at radius 3 is 2.60 bits per heavy atom. The number of phenolic OH excluding ortho intramolecular Hbond substituents is 1. The summed E-state index contributed by atoms with van der Waals surface area (Å²) in [5.74, 6) is 0.167. The molecule has 0 aliphatic rings. The molecule has 0 spiro atoms. The molecule has 4 nitrogen and oxygen atoms in total. The summed E-state index contributed by atoms with van der Waals surface area (Å²) < 4.78 is 0. The molecule has 0 aliphatic heterocycles. The maximum atomic E-state index is 11.8. The average Bonchev–Trinajstić information content (AvgIpc) is 2.41. The highest BCUT2D eigenvalue weighted by Gasteiger charge is 2.02. The Hall–Kier alpha value is -2.33. The third-order valence-electron chi connectivity index (χ3n) is 2.85. The summed E-state index contributed by atoms with van der Waals surface area (Å²) in [6, 6.07) is 14.6. The van der Waals surface area contributed by atoms with Crippen LogP contribution in [-0.2, 0) is 11.3 Å². The van der Waals surface area contributed by atoms with E-state index in [1.165, 1.54) is 0 Å². The molecule has 0 unspecified atom stereocenters. The number of hydrogen-bond donors (Lipinski definition) is 3. The highest BCUT2D eigenvalue weighted by molar-refractivity contribution is 5.92. The van der Waals surface area contributed by atoms with E-state index in [9.17, 15) is 9.90 Å². The van der Waals surface area contributed by atoms with Gasteiger partial charge in [-0.2, -0.15) is 0 Å². The lowest BCUT2D eigenvalue weighted by Crippen LogP contribution is -2.27. The number of phenols is 1. The van der Waals surface area contributed by atoms with Crippen molar-refractivity contribution in [2.75, 3.05) is 11.9 Å². The highest BCUT2D eigenvalue weighted by atomic mass is 16.3. The number of aryl methyl sites for hydroxylation is 1. The van der Waals surface area contributed by atoms with Gasteiger partial charge in [0.25, 0.3) is 0 Å². The first-order chi connectivity index (χ1) is 9.63. The zero-order valence-corrected chi connectivity index (χ0v) is 11.4. The molecule has 2 aromatic carbocycles. The van der Waals surface area contributed by atoms with Crippen LogP contribution in [0.2, 0.25) is 0 Å². The van der Waals surface area contributed by atoms with E-state index in [1.807, 2.05) is 43.3 Å². The fraction of sp³-hybridized carbons (Fsp3) is 0.188. The molecule has 0 aromatic heterocycles. The predicted octanol–water partition coefficient (Wildman–Crippen LogP) is 2.43. The lowest BCUT2D eigenvalue weighted by Gasteiger charge is -2.07. The number of anilines is 1. The quantitative estimate of drug-likeness (QED) is 0.782. The summed E-state index contributed by atoms with van der Waals surface area (Å²) in [6.45, 7) is 2.81. The van der Waals surface area contributed by atoms with Gasteiger partial charge in [0, 0.05) is 12.2 Å². The topological polar surface area (TPSA) is 61.4 Å². The largest absolute Gasteiger partial charge is 0.508 e. The van der Waals surface area contributed by atoms with Crippen molar-refractivity contribution in [3.8, 4) is 5.75 Å². The molecule has 0 atom stereocenters. The Bertz CT molecular complexity index is 579. The van der Waals surface area contributed by atoms with E-state index in [0.29, 0.717) is 6.54 Å². The van der Waals surface area contributed by atoms with E-state index in [0.717, 1.165) is 16.8 Å². The standard InChI is InChI=1S/C16H18N2O2/c1-12-3-2-4-14(9-12)18-16(20)11-17-10-13-5-7-15(19)8-6-13/h2-9,17,19H,10-11H2,1H3,(H,18,20). The summed E-state index contributed by atoms with van der Waals surface area (Å²) in [5, 5.41) is 15.1. The first kappa shape index (κ1) is 14.1. The van der Waals surface area contributed by atoms with Crippen molar-refractivity contribution in [1.82, 2.24) is 5.32 Å². The molecule has 4 heteroatoms. The number of benzene rings is 2. The van der Waals surface area contributed by atoms with Gasteiger partial charge in [-0.15, -0.1) is 0 Å². The van der Waals surface area contributed by atoms with Crippen LogP contribution in [0.4, 0.5) is 5.69 Å². The first-order valence-electron chi connectivity index (χ1n) is 6.48. The molecule has 3 N–H and O–H groups in total. The summed E-state index contributed by atoms with van der Waals surface area (Å²) in [7, 11) is 0. The van der Waals surface area contributed by atoms with Crippen molar-refractivity contribution >= 4 is 11.6 Å². The van der Waals surface area contributed by atoms with Gasteiger partial charge in [0.2, 0.25) is 5.91 Å². The lowest BCUT2D eigenvalue weighted by molar-refractivity contribution is -0.115. The van der Waals surface area contributed by atoms with Crippen LogP contribution in [0, 0.1) is 6.92 Å². The van der Waals surface area contributed by atoms with E-state index in [-0.39, 0.29) is 18.2 Å². The van der Waals surface area contributed by atoms with Crippen LogP contribution in [0.3, 0.4) is 0 Å². The summed E-state index contributed by atoms with van der Waals surface area (Å²) >= 11 is 0. The van der Waals surface area contributed by atoms with Crippen LogP contribution < -0.4 is 10.6 Å². The first-order valence-corrected chi connectivity index (χ1v) is 6.48. The molecule has 0 saturated heterocycles. The second-order valence-electron chi connectivity index (χ2n) is 4.69. The van der Waals surface area contributed by atoms with Gasteiger partial charge in [0.1, 0.15) is 5.75 Å². The molecule has 0 saturated carbocycles. The summed E-state index contributed by atoms with van der Waals surface area (Å²) in [4.78, 5) is 11.8. The summed E-state index contributed by atoms with van der Waals surface area (Å²) in [6.07, 6.45) is 0. The van der Waals surface area contributed by atoms with Crippen LogP contribution >= 0.6 is 0 Å². The normalized spacial score (nSPS) is 10.2. The van der Waals surface area contributed by atoms with Gasteiger partial charge in [0.15, 0.2) is 0 Å². The maximum absolute atomic E-state index is 11.8. The Morgan fingerprint density at radius 1 is 1.15 bits per heavy atom. The Kier molecular flexibility index (Phi) is 4.74. The van der Waals surface area contributed by atoms with E-state index < -0.39 is 0 Å². The molecule has 20 heavy (non-hydrogen) atoms. The molecule has 104 valence electrons. The number of amides is 1. The average molecular weight is 270 g/mol. The van der Waals surface area contributed by atoms with Crippen molar-refractivity contribution in [2.45, 2.75) is 13.5 Å². The fourth-order valence-corrected chi connectivity index (χ4v) is 1.86. The van der Waals surface area contributed by atoms with Crippen LogP contribution in [0.15, 0.2) is 48.5 Å². The van der Waals surface area contributed by atoms with Crippen LogP contribution in [-0.4, -0.2) is 17.6 Å². The molecule has 0 heterocycles. The number of aromatic hydroxyl groups is 1. The Morgan fingerprint density at radius 2 is 1.90 bits per heavy atom. The second kappa shape index (κ2) is 6.73. The molecule has 0 aliphatic carbocycles. The van der Waals surface area contributed by atoms with Gasteiger partial charge in [-0.3, -0.25) is 4.79 Å². The zero-order valence-electron chi connectivity index (χ0n) is 11.4. The second-order valence-corrected chi connectivity index (χ2v) is 4.69. The molecular weight excluding hydrogens is 252 g/mol. The summed E-state index contributed by atoms with van der Waals surface area (Å²) in [5.41, 5.74) is 2.94. The van der Waals surface area contributed by atoms with Gasteiger partial charge in [-0.25, -0.2) is 0 Å². The third kappa shape index (κ3) is 4.40. The number of carbonyl (C=O) groups is 1. The van der Waals surface area contributed by atoms with Crippen molar-refractivity contribution in [2.24, 2.45) is 0 Å². The minimum absolute atomic E-state index is 0.0746. The molecule has 0 radical (unpaired) electrons. The molecule has 2 rings (SSSR count). The van der Waals surface area contributed by atoms with Gasteiger partial charge >= 0.3 is 0 Å². The third-order valence-corrected chi connectivity index (χ3v) is 2.85. The number of rotatable bonds is 5. The smallest absolute Gasteiger partial charge is 0.238 e. The van der Waals surface area contributed by atoms with Crippen LogP contribution in [0.5, 0.6) is 5.75 Å². The van der Waals surface area contributed by atoms with Gasteiger partial charge in [-0.1, -0.05) is 24.3 Å². The van der Waals surface area contributed by atoms with Crippen molar-refractivity contribution < 1.29 is 9.90 Å². The molecule has 2 aromatic rings. The number of hydrogen-bond acceptors (Lipinski definition) is 3. The minimum atomic E-state index is -0.0746. The molecule has 0 bridgehead atoms. The van der Waals surface area contributed by atoms with Crippen LogP contribution in [0.25, 0.3) is 0 Å². The highest BCUT2D eigenvalue weighted by Crippen LogP contribution is 2.10. The van der Waals surface area contributed by atoms with Crippen molar-refractivity contribution in [3.63, 3.8) is 0 Å². The fourth-order valence-electron chi connectivity index (χ4n) is 1.86. The molecule has 0 fully saturated rings. The predicted molar refractivity (Wildman–Crippen MR) is 79.6 cm³/mol. The SMILES string of the molecule is Cc1cccc(NC(=O)CNCc2ccc(O)cc2)c1. The van der Waals surface area contributed by atoms with E-state index in [4.69, 9.17) is 0 Å². The van der Waals surface area contributed by atoms with Gasteiger partial charge in [0.05, 0.1) is 6.54 Å². The molecule has 1 amide bonds. The minimum Gasteiger partial charge on any atom is -0.508 e.